The highest BCUT2D eigenvalue weighted by molar-refractivity contribution is 9.10. The van der Waals surface area contributed by atoms with Crippen LogP contribution >= 0.6 is 38.9 Å². The van der Waals surface area contributed by atoms with Crippen LogP contribution in [0.2, 0.25) is 5.02 Å². The molecule has 3 aromatic rings. The van der Waals surface area contributed by atoms with Crippen LogP contribution in [-0.2, 0) is 9.53 Å². The maximum atomic E-state index is 13.7. The molecule has 7 nitrogen and oxygen atoms in total. The predicted molar refractivity (Wildman–Crippen MR) is 139 cm³/mol. The van der Waals surface area contributed by atoms with E-state index in [2.05, 4.69) is 20.9 Å². The van der Waals surface area contributed by atoms with Crippen molar-refractivity contribution in [3.63, 3.8) is 0 Å². The van der Waals surface area contributed by atoms with E-state index < -0.39 is 12.0 Å². The first-order chi connectivity index (χ1) is 16.8. The standard InChI is InChI=1S/C25H22BrClN2O5S/c1-5-34-24(31)21-13(2)28-25-29(22(21)14-6-8-16(27)9-7-14)23(30)20(35-25)11-15-10-17(26)19(33-4)12-18(15)32-3/h6-12,22H,5H2,1-4H3/b20-11+. The molecule has 4 rings (SSSR count). The summed E-state index contributed by atoms with van der Waals surface area (Å²) in [6.45, 7) is 3.69. The topological polar surface area (TPSA) is 79.1 Å². The van der Waals surface area contributed by atoms with Gasteiger partial charge >= 0.3 is 5.97 Å². The van der Waals surface area contributed by atoms with Crippen LogP contribution in [0.5, 0.6) is 11.5 Å². The first-order valence-corrected chi connectivity index (χ1v) is 12.6. The van der Waals surface area contributed by atoms with E-state index in [1.807, 2.05) is 6.07 Å². The predicted octanol–water partition coefficient (Wildman–Crippen LogP) is 4.23. The smallest absolute Gasteiger partial charge is 0.338 e. The van der Waals surface area contributed by atoms with Crippen LogP contribution in [0, 0.1) is 0 Å². The SMILES string of the molecule is CCOC(=O)C1=C(C)N=c2s/c(=C/c3cc(Br)c(OC)cc3OC)c(=O)n2C1c1ccc(Cl)cc1. The van der Waals surface area contributed by atoms with Crippen molar-refractivity contribution < 1.29 is 19.0 Å². The second kappa shape index (κ2) is 10.4. The molecule has 0 aliphatic carbocycles. The molecule has 1 aliphatic heterocycles. The maximum Gasteiger partial charge on any atom is 0.338 e. The fraction of sp³-hybridized carbons (Fsp3) is 0.240. The molecule has 10 heteroatoms. The summed E-state index contributed by atoms with van der Waals surface area (Å²) in [7, 11) is 3.12. The Labute approximate surface area is 219 Å². The molecule has 0 saturated carbocycles. The van der Waals surface area contributed by atoms with Gasteiger partial charge in [0.15, 0.2) is 4.80 Å². The van der Waals surface area contributed by atoms with Crippen molar-refractivity contribution in [3.8, 4) is 11.5 Å². The highest BCUT2D eigenvalue weighted by Crippen LogP contribution is 2.34. The zero-order valence-electron chi connectivity index (χ0n) is 19.4. The number of thiazole rings is 1. The number of carbonyl (C=O) groups is 1. The molecule has 0 saturated heterocycles. The summed E-state index contributed by atoms with van der Waals surface area (Å²) in [5.41, 5.74) is 1.95. The number of hydrogen-bond acceptors (Lipinski definition) is 7. The lowest BCUT2D eigenvalue weighted by Gasteiger charge is -2.24. The molecular weight excluding hydrogens is 556 g/mol. The van der Waals surface area contributed by atoms with Gasteiger partial charge in [-0.3, -0.25) is 9.36 Å². The Morgan fingerprint density at radius 3 is 2.51 bits per heavy atom. The van der Waals surface area contributed by atoms with Crippen LogP contribution in [0.25, 0.3) is 6.08 Å². The van der Waals surface area contributed by atoms with Gasteiger partial charge in [0.1, 0.15) is 11.5 Å². The Bertz CT molecular complexity index is 1510. The summed E-state index contributed by atoms with van der Waals surface area (Å²) in [6, 6.07) is 9.91. The van der Waals surface area contributed by atoms with Crippen LogP contribution in [-0.4, -0.2) is 31.4 Å². The summed E-state index contributed by atoms with van der Waals surface area (Å²) in [5, 5.41) is 0.553. The molecule has 1 aromatic heterocycles. The van der Waals surface area contributed by atoms with Crippen molar-refractivity contribution >= 4 is 50.9 Å². The highest BCUT2D eigenvalue weighted by atomic mass is 79.9. The van der Waals surface area contributed by atoms with Crippen molar-refractivity contribution in [1.29, 1.82) is 0 Å². The number of esters is 1. The lowest BCUT2D eigenvalue weighted by atomic mass is 9.96. The molecule has 1 unspecified atom stereocenters. The van der Waals surface area contributed by atoms with Gasteiger partial charge in [-0.25, -0.2) is 9.79 Å². The minimum atomic E-state index is -0.700. The zero-order valence-corrected chi connectivity index (χ0v) is 22.6. The summed E-state index contributed by atoms with van der Waals surface area (Å²) >= 11 is 10.8. The third-order valence-electron chi connectivity index (χ3n) is 5.49. The van der Waals surface area contributed by atoms with E-state index >= 15 is 0 Å². The second-order valence-electron chi connectivity index (χ2n) is 7.58. The molecule has 0 amide bonds. The number of fused-ring (bicyclic) bond motifs is 1. The lowest BCUT2D eigenvalue weighted by molar-refractivity contribution is -0.139. The zero-order chi connectivity index (χ0) is 25.3. The van der Waals surface area contributed by atoms with Gasteiger partial charge in [-0.1, -0.05) is 35.1 Å². The number of allylic oxidation sites excluding steroid dienone is 1. The molecule has 1 atom stereocenters. The van der Waals surface area contributed by atoms with Crippen molar-refractivity contribution in [2.24, 2.45) is 4.99 Å². The van der Waals surface area contributed by atoms with E-state index in [9.17, 15) is 9.59 Å². The Morgan fingerprint density at radius 1 is 1.20 bits per heavy atom. The molecule has 0 bridgehead atoms. The van der Waals surface area contributed by atoms with Crippen molar-refractivity contribution in [1.82, 2.24) is 4.57 Å². The molecule has 0 radical (unpaired) electrons. The summed E-state index contributed by atoms with van der Waals surface area (Å²) in [5.74, 6) is 0.648. The van der Waals surface area contributed by atoms with Crippen LogP contribution in [0.1, 0.15) is 31.0 Å². The average Bonchev–Trinajstić information content (AvgIpc) is 3.13. The molecule has 2 heterocycles. The quantitative estimate of drug-likeness (QED) is 0.410. The molecule has 182 valence electrons. The summed E-state index contributed by atoms with van der Waals surface area (Å²) < 4.78 is 18.9. The van der Waals surface area contributed by atoms with Crippen LogP contribution in [0.4, 0.5) is 0 Å². The fourth-order valence-electron chi connectivity index (χ4n) is 3.89. The monoisotopic (exact) mass is 576 g/mol. The Morgan fingerprint density at radius 2 is 1.89 bits per heavy atom. The number of methoxy groups -OCH3 is 2. The molecule has 1 aliphatic rings. The third-order valence-corrected chi connectivity index (χ3v) is 7.35. The summed E-state index contributed by atoms with van der Waals surface area (Å²) in [4.78, 5) is 31.7. The number of benzene rings is 2. The maximum absolute atomic E-state index is 13.7. The number of halogens is 2. The average molecular weight is 578 g/mol. The largest absolute Gasteiger partial charge is 0.496 e. The first kappa shape index (κ1) is 25.2. The van der Waals surface area contributed by atoms with E-state index in [0.29, 0.717) is 42.7 Å². The van der Waals surface area contributed by atoms with E-state index in [0.717, 1.165) is 10.0 Å². The lowest BCUT2D eigenvalue weighted by Crippen LogP contribution is -2.39. The van der Waals surface area contributed by atoms with Crippen molar-refractivity contribution in [3.05, 3.63) is 88.0 Å². The molecule has 0 spiro atoms. The van der Waals surface area contributed by atoms with E-state index in [1.165, 1.54) is 15.9 Å². The number of hydrogen-bond donors (Lipinski definition) is 0. The van der Waals surface area contributed by atoms with Crippen molar-refractivity contribution in [2.75, 3.05) is 20.8 Å². The van der Waals surface area contributed by atoms with Gasteiger partial charge in [-0.15, -0.1) is 0 Å². The third kappa shape index (κ3) is 4.80. The Balaban J connectivity index is 1.96. The Kier molecular flexibility index (Phi) is 7.49. The number of nitrogens with zero attached hydrogens (tertiary/aromatic N) is 2. The number of ether oxygens (including phenoxy) is 3. The van der Waals surface area contributed by atoms with Crippen molar-refractivity contribution in [2.45, 2.75) is 19.9 Å². The van der Waals surface area contributed by atoms with Gasteiger partial charge < -0.3 is 14.2 Å². The molecule has 0 fully saturated rings. The van der Waals surface area contributed by atoms with Gasteiger partial charge in [-0.05, 0) is 59.6 Å². The Hall–Kier alpha value is -2.88. The molecular formula is C25H22BrClN2O5S. The van der Waals surface area contributed by atoms with E-state index in [-0.39, 0.29) is 12.2 Å². The highest BCUT2D eigenvalue weighted by Gasteiger charge is 2.33. The number of rotatable bonds is 6. The molecule has 2 aromatic carbocycles. The molecule has 35 heavy (non-hydrogen) atoms. The van der Waals surface area contributed by atoms with Gasteiger partial charge in [-0.2, -0.15) is 0 Å². The second-order valence-corrected chi connectivity index (χ2v) is 9.88. The van der Waals surface area contributed by atoms with E-state index in [1.54, 1.807) is 64.5 Å². The molecule has 0 N–H and O–H groups in total. The minimum absolute atomic E-state index is 0.208. The first-order valence-electron chi connectivity index (χ1n) is 10.7. The van der Waals surface area contributed by atoms with Gasteiger partial charge in [0.05, 0.1) is 47.1 Å². The fourth-order valence-corrected chi connectivity index (χ4v) is 5.58. The summed E-state index contributed by atoms with van der Waals surface area (Å²) in [6.07, 6.45) is 1.75. The normalized spacial score (nSPS) is 15.5. The number of carbonyl (C=O) groups excluding carboxylic acids is 1. The van der Waals surface area contributed by atoms with Gasteiger partial charge in [0.25, 0.3) is 5.56 Å². The van der Waals surface area contributed by atoms with Gasteiger partial charge in [0.2, 0.25) is 0 Å². The van der Waals surface area contributed by atoms with Crippen LogP contribution in [0.3, 0.4) is 0 Å². The minimum Gasteiger partial charge on any atom is -0.496 e. The van der Waals surface area contributed by atoms with Crippen LogP contribution < -0.4 is 24.4 Å². The van der Waals surface area contributed by atoms with E-state index in [4.69, 9.17) is 25.8 Å². The van der Waals surface area contributed by atoms with Crippen LogP contribution in [0.15, 0.2) is 61.9 Å². The number of aromatic nitrogens is 1. The van der Waals surface area contributed by atoms with Gasteiger partial charge in [0, 0.05) is 16.7 Å².